The summed E-state index contributed by atoms with van der Waals surface area (Å²) >= 11 is 2.87. The van der Waals surface area contributed by atoms with Crippen molar-refractivity contribution in [2.45, 2.75) is 38.1 Å². The Hall–Kier alpha value is -2.19. The van der Waals surface area contributed by atoms with Crippen molar-refractivity contribution in [1.82, 2.24) is 20.2 Å². The second kappa shape index (κ2) is 6.97. The van der Waals surface area contributed by atoms with Crippen LogP contribution in [-0.2, 0) is 0 Å². The Morgan fingerprint density at radius 3 is 2.68 bits per heavy atom. The van der Waals surface area contributed by atoms with Crippen molar-refractivity contribution in [3.8, 4) is 10.7 Å². The molecule has 25 heavy (non-hydrogen) atoms. The van der Waals surface area contributed by atoms with E-state index in [2.05, 4.69) is 20.2 Å². The van der Waals surface area contributed by atoms with Crippen molar-refractivity contribution >= 4 is 34.7 Å². The highest BCUT2D eigenvalue weighted by atomic mass is 32.2. The number of nitrogens with one attached hydrogen (secondary N) is 2. The fourth-order valence-corrected chi connectivity index (χ4v) is 4.21. The van der Waals surface area contributed by atoms with Crippen LogP contribution in [0.2, 0.25) is 0 Å². The van der Waals surface area contributed by atoms with E-state index < -0.39 is 0 Å². The molecule has 0 aliphatic heterocycles. The average molecular weight is 374 g/mol. The van der Waals surface area contributed by atoms with Gasteiger partial charge in [0.1, 0.15) is 0 Å². The van der Waals surface area contributed by atoms with Gasteiger partial charge in [-0.3, -0.25) is 14.7 Å². The molecule has 0 saturated heterocycles. The largest absolute Gasteiger partial charge is 0.355 e. The molecule has 0 fully saturated rings. The molecule has 0 bridgehead atoms. The molecule has 3 aromatic heterocycles. The Kier molecular flexibility index (Phi) is 4.91. The molecule has 8 heteroatoms. The van der Waals surface area contributed by atoms with Gasteiger partial charge in [0.2, 0.25) is 5.16 Å². The van der Waals surface area contributed by atoms with Crippen molar-refractivity contribution in [3.05, 3.63) is 40.0 Å². The summed E-state index contributed by atoms with van der Waals surface area (Å²) < 4.78 is 0. The Bertz CT molecular complexity index is 925. The van der Waals surface area contributed by atoms with Gasteiger partial charge >= 0.3 is 0 Å². The number of hydrogen-bond donors (Lipinski definition) is 2. The Morgan fingerprint density at radius 1 is 1.32 bits per heavy atom. The number of aromatic nitrogens is 4. The van der Waals surface area contributed by atoms with Crippen LogP contribution in [0.4, 0.5) is 0 Å². The Labute approximate surface area is 153 Å². The van der Waals surface area contributed by atoms with Crippen LogP contribution >= 0.6 is 23.1 Å². The molecular weight excluding hydrogens is 356 g/mol. The van der Waals surface area contributed by atoms with Gasteiger partial charge < -0.3 is 4.98 Å². The third kappa shape index (κ3) is 3.45. The van der Waals surface area contributed by atoms with Crippen molar-refractivity contribution in [3.63, 3.8) is 0 Å². The number of thiophene rings is 1. The van der Waals surface area contributed by atoms with Gasteiger partial charge in [0, 0.05) is 11.3 Å². The summed E-state index contributed by atoms with van der Waals surface area (Å²) in [6, 6.07) is 3.91. The minimum atomic E-state index is -0.372. The zero-order chi connectivity index (χ0) is 18.1. The molecule has 6 nitrogen and oxygen atoms in total. The first-order valence-corrected chi connectivity index (χ1v) is 9.51. The molecule has 0 radical (unpaired) electrons. The van der Waals surface area contributed by atoms with Crippen molar-refractivity contribution in [2.75, 3.05) is 0 Å². The number of aryl methyl sites for hydroxylation is 1. The fourth-order valence-electron chi connectivity index (χ4n) is 2.76. The summed E-state index contributed by atoms with van der Waals surface area (Å²) in [5.74, 6) is 0.587. The van der Waals surface area contributed by atoms with E-state index in [0.29, 0.717) is 27.8 Å². The lowest BCUT2D eigenvalue weighted by atomic mass is 10.0. The van der Waals surface area contributed by atoms with Crippen molar-refractivity contribution < 1.29 is 9.59 Å². The van der Waals surface area contributed by atoms with E-state index in [0.717, 1.165) is 10.6 Å². The van der Waals surface area contributed by atoms with Gasteiger partial charge in [0.05, 0.1) is 15.8 Å². The lowest BCUT2D eigenvalue weighted by Crippen LogP contribution is -2.15. The number of nitrogens with zero attached hydrogens (tertiary/aromatic N) is 2. The number of hydrogen-bond acceptors (Lipinski definition) is 6. The first kappa shape index (κ1) is 17.6. The molecule has 130 valence electrons. The molecule has 3 rings (SSSR count). The highest BCUT2D eigenvalue weighted by Crippen LogP contribution is 2.28. The third-order valence-electron chi connectivity index (χ3n) is 3.91. The summed E-state index contributed by atoms with van der Waals surface area (Å²) in [7, 11) is 0. The molecule has 3 aromatic rings. The number of rotatable bonds is 6. The molecule has 0 aliphatic rings. The van der Waals surface area contributed by atoms with Crippen molar-refractivity contribution in [1.29, 1.82) is 0 Å². The van der Waals surface area contributed by atoms with E-state index in [1.807, 2.05) is 24.4 Å². The van der Waals surface area contributed by atoms with Crippen LogP contribution < -0.4 is 0 Å². The molecule has 0 amide bonds. The predicted octanol–water partition coefficient (Wildman–Crippen LogP) is 4.04. The van der Waals surface area contributed by atoms with E-state index in [1.54, 1.807) is 25.2 Å². The summed E-state index contributed by atoms with van der Waals surface area (Å²) in [4.78, 5) is 33.0. The van der Waals surface area contributed by atoms with Crippen LogP contribution in [0.25, 0.3) is 10.7 Å². The molecule has 1 atom stereocenters. The molecule has 1 unspecified atom stereocenters. The van der Waals surface area contributed by atoms with Gasteiger partial charge in [-0.25, -0.2) is 4.98 Å². The number of H-pyrrole nitrogens is 2. The maximum atomic E-state index is 12.8. The Morgan fingerprint density at radius 2 is 2.08 bits per heavy atom. The first-order chi connectivity index (χ1) is 11.9. The van der Waals surface area contributed by atoms with Gasteiger partial charge in [0.15, 0.2) is 17.4 Å². The van der Waals surface area contributed by atoms with E-state index in [9.17, 15) is 9.59 Å². The van der Waals surface area contributed by atoms with E-state index >= 15 is 0 Å². The molecule has 0 aliphatic carbocycles. The van der Waals surface area contributed by atoms with Crippen LogP contribution in [0, 0.1) is 13.8 Å². The predicted molar refractivity (Wildman–Crippen MR) is 99.6 cm³/mol. The molecule has 0 spiro atoms. The van der Waals surface area contributed by atoms with Crippen LogP contribution in [-0.4, -0.2) is 37.0 Å². The van der Waals surface area contributed by atoms with Gasteiger partial charge in [-0.15, -0.1) is 16.4 Å². The summed E-state index contributed by atoms with van der Waals surface area (Å²) in [6.45, 7) is 6.93. The van der Waals surface area contributed by atoms with E-state index in [-0.39, 0.29) is 16.8 Å². The number of carbonyl (C=O) groups is 2. The highest BCUT2D eigenvalue weighted by molar-refractivity contribution is 8.00. The van der Waals surface area contributed by atoms with Crippen LogP contribution in [0.1, 0.15) is 46.0 Å². The molecule has 0 aromatic carbocycles. The lowest BCUT2D eigenvalue weighted by Gasteiger charge is -2.07. The normalized spacial score (nSPS) is 12.3. The third-order valence-corrected chi connectivity index (χ3v) is 5.74. The summed E-state index contributed by atoms with van der Waals surface area (Å²) in [6.07, 6.45) is 0. The van der Waals surface area contributed by atoms with Gasteiger partial charge in [0.25, 0.3) is 0 Å². The van der Waals surface area contributed by atoms with Crippen LogP contribution in [0.5, 0.6) is 0 Å². The second-order valence-corrected chi connectivity index (χ2v) is 8.01. The first-order valence-electron chi connectivity index (χ1n) is 7.75. The van der Waals surface area contributed by atoms with E-state index in [1.165, 1.54) is 18.7 Å². The smallest absolute Gasteiger partial charge is 0.209 e. The van der Waals surface area contributed by atoms with Gasteiger partial charge in [-0.1, -0.05) is 17.8 Å². The number of aromatic amines is 2. The topological polar surface area (TPSA) is 91.5 Å². The number of ketones is 2. The minimum absolute atomic E-state index is 0.0415. The number of Topliss-reactive ketones (excluding diaryl/α,β-unsaturated/α-hetero) is 2. The number of thioether (sulfide) groups is 1. The lowest BCUT2D eigenvalue weighted by molar-refractivity contribution is 0.0988. The van der Waals surface area contributed by atoms with Gasteiger partial charge in [-0.05, 0) is 44.7 Å². The maximum absolute atomic E-state index is 12.8. The summed E-state index contributed by atoms with van der Waals surface area (Å²) in [5.41, 5.74) is 2.51. The Balaban J connectivity index is 1.78. The average Bonchev–Trinajstić information content (AvgIpc) is 3.26. The molecular formula is C17H18N4O2S2. The monoisotopic (exact) mass is 374 g/mol. The molecule has 0 saturated carbocycles. The molecule has 3 heterocycles. The standard InChI is InChI=1S/C17H18N4O2S2/c1-8-13(10(3)22)9(2)18-14(8)15(23)11(4)25-17-19-16(20-21-17)12-6-5-7-24-12/h5-7,11,18H,1-4H3,(H,19,20,21). The highest BCUT2D eigenvalue weighted by Gasteiger charge is 2.25. The van der Waals surface area contributed by atoms with E-state index in [4.69, 9.17) is 0 Å². The van der Waals surface area contributed by atoms with Crippen LogP contribution in [0.3, 0.4) is 0 Å². The zero-order valence-electron chi connectivity index (χ0n) is 14.3. The van der Waals surface area contributed by atoms with Crippen molar-refractivity contribution in [2.24, 2.45) is 0 Å². The second-order valence-electron chi connectivity index (χ2n) is 5.75. The number of carbonyl (C=O) groups excluding carboxylic acids is 2. The van der Waals surface area contributed by atoms with Gasteiger partial charge in [-0.2, -0.15) is 0 Å². The minimum Gasteiger partial charge on any atom is -0.355 e. The zero-order valence-corrected chi connectivity index (χ0v) is 16.0. The summed E-state index contributed by atoms with van der Waals surface area (Å²) in [5, 5.41) is 9.20. The fraction of sp³-hybridized carbons (Fsp3) is 0.294. The molecule has 2 N–H and O–H groups in total. The maximum Gasteiger partial charge on any atom is 0.209 e. The van der Waals surface area contributed by atoms with Crippen LogP contribution in [0.15, 0.2) is 22.7 Å². The SMILES string of the molecule is CC(=O)c1c(C)[nH]c(C(=O)C(C)Sc2n[nH]c(-c3cccs3)n2)c1C. The quantitative estimate of drug-likeness (QED) is 0.502.